The predicted octanol–water partition coefficient (Wildman–Crippen LogP) is 3.63. The Kier molecular flexibility index (Phi) is 4.62. The number of pyridine rings is 1. The molecule has 0 saturated carbocycles. The molecule has 3 heteroatoms. The van der Waals surface area contributed by atoms with E-state index in [1.807, 2.05) is 18.3 Å². The fourth-order valence-corrected chi connectivity index (χ4v) is 4.84. The molecule has 0 aliphatic carbocycles. The standard InChI is InChI=1S/C19H28N2O/c1-3-9-19(10-4-2)14-15-8-12-21(19)17(18(15)22)13-16-7-5-6-11-20-16/h5-7,11,15,17H,3-4,8-10,12-14H2,1-2H3. The number of carbonyl (C=O) groups is 1. The number of rotatable bonds is 6. The molecule has 0 spiro atoms. The number of hydrogen-bond acceptors (Lipinski definition) is 3. The van der Waals surface area contributed by atoms with E-state index in [0.717, 1.165) is 31.5 Å². The Hall–Kier alpha value is -1.22. The van der Waals surface area contributed by atoms with Gasteiger partial charge in [0.1, 0.15) is 0 Å². The normalized spacial score (nSPS) is 29.7. The van der Waals surface area contributed by atoms with Gasteiger partial charge in [0, 0.05) is 36.3 Å². The quantitative estimate of drug-likeness (QED) is 0.804. The Bertz CT molecular complexity index is 507. The lowest BCUT2D eigenvalue weighted by atomic mass is 9.66. The van der Waals surface area contributed by atoms with Crippen molar-refractivity contribution in [2.24, 2.45) is 5.92 Å². The highest BCUT2D eigenvalue weighted by Gasteiger charge is 2.53. The van der Waals surface area contributed by atoms with Gasteiger partial charge in [-0.2, -0.15) is 0 Å². The van der Waals surface area contributed by atoms with Crippen LogP contribution in [0.2, 0.25) is 0 Å². The molecule has 3 aliphatic heterocycles. The third-order valence-corrected chi connectivity index (χ3v) is 5.62. The topological polar surface area (TPSA) is 33.2 Å². The number of carbonyl (C=O) groups excluding carboxylic acids is 1. The zero-order valence-electron chi connectivity index (χ0n) is 13.9. The van der Waals surface area contributed by atoms with Crippen LogP contribution in [0.1, 0.15) is 58.1 Å². The van der Waals surface area contributed by atoms with Crippen LogP contribution in [-0.4, -0.2) is 33.8 Å². The smallest absolute Gasteiger partial charge is 0.153 e. The maximum absolute atomic E-state index is 12.8. The second-order valence-electron chi connectivity index (χ2n) is 7.05. The van der Waals surface area contributed by atoms with E-state index in [4.69, 9.17) is 0 Å². The molecular formula is C19H28N2O. The van der Waals surface area contributed by atoms with E-state index >= 15 is 0 Å². The van der Waals surface area contributed by atoms with E-state index in [9.17, 15) is 4.79 Å². The van der Waals surface area contributed by atoms with Crippen LogP contribution in [0, 0.1) is 5.92 Å². The summed E-state index contributed by atoms with van der Waals surface area (Å²) in [5, 5.41) is 0. The van der Waals surface area contributed by atoms with Crippen LogP contribution in [0.5, 0.6) is 0 Å². The lowest BCUT2D eigenvalue weighted by Crippen LogP contribution is -2.67. The van der Waals surface area contributed by atoms with Gasteiger partial charge < -0.3 is 0 Å². The summed E-state index contributed by atoms with van der Waals surface area (Å²) in [6, 6.07) is 6.07. The molecule has 3 nitrogen and oxygen atoms in total. The Morgan fingerprint density at radius 2 is 2.05 bits per heavy atom. The van der Waals surface area contributed by atoms with E-state index in [1.165, 1.54) is 25.7 Å². The van der Waals surface area contributed by atoms with Gasteiger partial charge in [-0.1, -0.05) is 32.8 Å². The van der Waals surface area contributed by atoms with Gasteiger partial charge in [-0.15, -0.1) is 0 Å². The van der Waals surface area contributed by atoms with Gasteiger partial charge >= 0.3 is 0 Å². The Morgan fingerprint density at radius 1 is 1.27 bits per heavy atom. The first kappa shape index (κ1) is 15.7. The molecule has 4 heterocycles. The van der Waals surface area contributed by atoms with Crippen LogP contribution in [0.3, 0.4) is 0 Å². The largest absolute Gasteiger partial charge is 0.298 e. The van der Waals surface area contributed by atoms with Crippen LogP contribution < -0.4 is 0 Å². The maximum Gasteiger partial charge on any atom is 0.153 e. The number of Topliss-reactive ketones (excluding diaryl/α,β-unsaturated/α-hetero) is 1. The fraction of sp³-hybridized carbons (Fsp3) is 0.684. The third-order valence-electron chi connectivity index (χ3n) is 5.62. The molecule has 0 N–H and O–H groups in total. The van der Waals surface area contributed by atoms with Crippen molar-refractivity contribution in [3.8, 4) is 0 Å². The highest BCUT2D eigenvalue weighted by molar-refractivity contribution is 5.88. The van der Waals surface area contributed by atoms with Crippen molar-refractivity contribution in [1.29, 1.82) is 0 Å². The van der Waals surface area contributed by atoms with Gasteiger partial charge in [0.25, 0.3) is 0 Å². The molecule has 1 aromatic heterocycles. The van der Waals surface area contributed by atoms with Crippen molar-refractivity contribution in [3.63, 3.8) is 0 Å². The van der Waals surface area contributed by atoms with E-state index < -0.39 is 0 Å². The first-order valence-corrected chi connectivity index (χ1v) is 8.90. The molecule has 3 saturated heterocycles. The summed E-state index contributed by atoms with van der Waals surface area (Å²) in [6.45, 7) is 5.64. The van der Waals surface area contributed by atoms with Gasteiger partial charge in [0.2, 0.25) is 0 Å². The number of nitrogens with zero attached hydrogens (tertiary/aromatic N) is 2. The van der Waals surface area contributed by atoms with Crippen LogP contribution in [-0.2, 0) is 11.2 Å². The van der Waals surface area contributed by atoms with Crippen molar-refractivity contribution in [1.82, 2.24) is 9.88 Å². The Morgan fingerprint density at radius 3 is 2.68 bits per heavy atom. The zero-order chi connectivity index (χ0) is 15.6. The van der Waals surface area contributed by atoms with Crippen LogP contribution >= 0.6 is 0 Å². The molecule has 3 atom stereocenters. The van der Waals surface area contributed by atoms with Gasteiger partial charge in [-0.3, -0.25) is 14.7 Å². The summed E-state index contributed by atoms with van der Waals surface area (Å²) in [4.78, 5) is 19.8. The first-order chi connectivity index (χ1) is 10.7. The third kappa shape index (κ3) is 2.71. The molecule has 3 fully saturated rings. The second kappa shape index (κ2) is 6.49. The number of hydrogen-bond donors (Lipinski definition) is 0. The minimum atomic E-state index is 0.0560. The van der Waals surface area contributed by atoms with Crippen molar-refractivity contribution < 1.29 is 4.79 Å². The molecule has 1 aromatic rings. The van der Waals surface area contributed by atoms with Gasteiger partial charge in [-0.05, 0) is 37.8 Å². The zero-order valence-corrected chi connectivity index (χ0v) is 13.9. The molecule has 0 aromatic carbocycles. The molecule has 0 radical (unpaired) electrons. The summed E-state index contributed by atoms with van der Waals surface area (Å²) < 4.78 is 0. The van der Waals surface area contributed by atoms with Gasteiger partial charge in [0.15, 0.2) is 5.78 Å². The van der Waals surface area contributed by atoms with E-state index in [1.54, 1.807) is 0 Å². The highest BCUT2D eigenvalue weighted by atomic mass is 16.1. The summed E-state index contributed by atoms with van der Waals surface area (Å²) in [5.74, 6) is 0.761. The highest BCUT2D eigenvalue weighted by Crippen LogP contribution is 2.46. The van der Waals surface area contributed by atoms with Crippen LogP contribution in [0.15, 0.2) is 24.4 Å². The number of aromatic nitrogens is 1. The summed E-state index contributed by atoms with van der Waals surface area (Å²) in [7, 11) is 0. The van der Waals surface area contributed by atoms with Crippen molar-refractivity contribution >= 4 is 5.78 Å². The average molecular weight is 300 g/mol. The lowest BCUT2D eigenvalue weighted by Gasteiger charge is -2.57. The van der Waals surface area contributed by atoms with Gasteiger partial charge in [-0.25, -0.2) is 0 Å². The molecule has 22 heavy (non-hydrogen) atoms. The van der Waals surface area contributed by atoms with Gasteiger partial charge in [0.05, 0.1) is 6.04 Å². The second-order valence-corrected chi connectivity index (χ2v) is 7.05. The first-order valence-electron chi connectivity index (χ1n) is 8.90. The van der Waals surface area contributed by atoms with E-state index in [2.05, 4.69) is 29.8 Å². The molecule has 3 unspecified atom stereocenters. The van der Waals surface area contributed by atoms with Crippen molar-refractivity contribution in [2.45, 2.75) is 70.4 Å². The van der Waals surface area contributed by atoms with Crippen LogP contribution in [0.25, 0.3) is 0 Å². The lowest BCUT2D eigenvalue weighted by molar-refractivity contribution is -0.151. The SMILES string of the molecule is CCCC1(CCC)CC2CCN1C(Cc1ccccn1)C2=O. The van der Waals surface area contributed by atoms with Crippen molar-refractivity contribution in [2.75, 3.05) is 6.54 Å². The summed E-state index contributed by atoms with van der Waals surface area (Å²) >= 11 is 0. The monoisotopic (exact) mass is 300 g/mol. The minimum absolute atomic E-state index is 0.0560. The van der Waals surface area contributed by atoms with Crippen LogP contribution in [0.4, 0.5) is 0 Å². The number of fused-ring (bicyclic) bond motifs is 3. The number of piperidine rings is 3. The fourth-order valence-electron chi connectivity index (χ4n) is 4.84. The Balaban J connectivity index is 1.87. The summed E-state index contributed by atoms with van der Waals surface area (Å²) in [5.41, 5.74) is 1.31. The summed E-state index contributed by atoms with van der Waals surface area (Å²) in [6.07, 6.45) is 9.62. The van der Waals surface area contributed by atoms with E-state index in [0.29, 0.717) is 5.78 Å². The average Bonchev–Trinajstić information content (AvgIpc) is 2.53. The molecule has 2 bridgehead atoms. The predicted molar refractivity (Wildman–Crippen MR) is 88.7 cm³/mol. The minimum Gasteiger partial charge on any atom is -0.298 e. The number of ketones is 1. The molecule has 120 valence electrons. The molecule has 4 rings (SSSR count). The van der Waals surface area contributed by atoms with E-state index in [-0.39, 0.29) is 17.5 Å². The molecule has 3 aliphatic rings. The Labute approximate surface area is 134 Å². The molecular weight excluding hydrogens is 272 g/mol. The maximum atomic E-state index is 12.8. The molecule has 0 amide bonds. The van der Waals surface area contributed by atoms with Crippen molar-refractivity contribution in [3.05, 3.63) is 30.1 Å².